The first kappa shape index (κ1) is 37.2. The van der Waals surface area contributed by atoms with Gasteiger partial charge in [0.1, 0.15) is 5.75 Å². The van der Waals surface area contributed by atoms with Crippen LogP contribution in [-0.2, 0) is 24.1 Å². The molecule has 2 fully saturated rings. The fourth-order valence-corrected chi connectivity index (χ4v) is 7.72. The predicted octanol–water partition coefficient (Wildman–Crippen LogP) is 8.26. The third kappa shape index (κ3) is 7.87. The number of nitrogens with one attached hydrogen (secondary N) is 2. The number of rotatable bonds is 11. The molecule has 0 saturated carbocycles. The zero-order valence-electron chi connectivity index (χ0n) is 30.5. The molecule has 1 aromatic heterocycles. The number of ether oxygens (including phenoxy) is 1. The second-order valence-corrected chi connectivity index (χ2v) is 14.4. The van der Waals surface area contributed by atoms with Gasteiger partial charge < -0.3 is 20.3 Å². The van der Waals surface area contributed by atoms with Crippen molar-refractivity contribution in [3.05, 3.63) is 106 Å². The number of aliphatic hydroxyl groups excluding tert-OH is 1. The van der Waals surface area contributed by atoms with Crippen LogP contribution in [0, 0.1) is 19.8 Å². The second-order valence-electron chi connectivity index (χ2n) is 14.4. The number of carboxylic acids is 1. The number of carbonyl (C=O) groups is 1. The number of aliphatic carboxylic acids is 1. The van der Waals surface area contributed by atoms with Gasteiger partial charge in [-0.25, -0.2) is 0 Å². The van der Waals surface area contributed by atoms with Gasteiger partial charge in [-0.3, -0.25) is 19.7 Å². The quantitative estimate of drug-likeness (QED) is 0.100. The maximum absolute atomic E-state index is 14.5. The Morgan fingerprint density at radius 2 is 1.67 bits per heavy atom. The van der Waals surface area contributed by atoms with Gasteiger partial charge in [0, 0.05) is 49.4 Å². The van der Waals surface area contributed by atoms with E-state index in [1.54, 1.807) is 6.08 Å². The lowest BCUT2D eigenvalue weighted by Gasteiger charge is -2.20. The van der Waals surface area contributed by atoms with Crippen molar-refractivity contribution in [3.63, 3.8) is 0 Å². The summed E-state index contributed by atoms with van der Waals surface area (Å²) in [5.41, 5.74) is 7.11. The van der Waals surface area contributed by atoms with Crippen molar-refractivity contribution in [3.8, 4) is 16.9 Å². The summed E-state index contributed by atoms with van der Waals surface area (Å²) in [5.74, 6) is -0.407. The molecule has 0 bridgehead atoms. The smallest absolute Gasteiger partial charge is 0.417 e. The Hall–Kier alpha value is -5.17. The molecule has 3 heterocycles. The minimum absolute atomic E-state index is 0.0208. The van der Waals surface area contributed by atoms with Crippen LogP contribution in [-0.4, -0.2) is 75.6 Å². The van der Waals surface area contributed by atoms with Gasteiger partial charge in [0.15, 0.2) is 5.82 Å². The average Bonchev–Trinajstić information content (AvgIpc) is 3.89. The van der Waals surface area contributed by atoms with E-state index in [0.717, 1.165) is 75.5 Å². The number of aliphatic hydroxyl groups is 1. The van der Waals surface area contributed by atoms with Crippen LogP contribution in [0.3, 0.4) is 0 Å². The molecule has 0 spiro atoms. The zero-order chi connectivity index (χ0) is 38.1. The largest absolute Gasteiger partial charge is 0.496 e. The number of methoxy groups -OCH3 is 1. The Morgan fingerprint density at radius 1 is 0.944 bits per heavy atom. The molecule has 7 rings (SSSR count). The van der Waals surface area contributed by atoms with Crippen molar-refractivity contribution < 1.29 is 32.9 Å². The Balaban J connectivity index is 1.14. The van der Waals surface area contributed by atoms with E-state index in [-0.39, 0.29) is 24.8 Å². The first-order valence-corrected chi connectivity index (χ1v) is 18.1. The molecule has 282 valence electrons. The highest BCUT2D eigenvalue weighted by Gasteiger charge is 2.35. The SMILES string of the molecule is COc1cc(/C=C/c2cccc(-c3cccc(Nc4n[nH]c5ccc(CN6CCC(O)C6)cc45)c3C)c2C)c(C(F)(F)F)cc1CN1CCC(C(=O)O)C1. The molecule has 54 heavy (non-hydrogen) atoms. The van der Waals surface area contributed by atoms with Crippen LogP contribution in [0.1, 0.15) is 51.8 Å². The molecule has 2 aliphatic heterocycles. The van der Waals surface area contributed by atoms with Gasteiger partial charge in [-0.1, -0.05) is 48.6 Å². The maximum atomic E-state index is 14.5. The van der Waals surface area contributed by atoms with Gasteiger partial charge in [0.05, 0.1) is 30.2 Å². The average molecular weight is 740 g/mol. The normalized spacial score (nSPS) is 18.3. The van der Waals surface area contributed by atoms with Crippen LogP contribution >= 0.6 is 0 Å². The minimum Gasteiger partial charge on any atom is -0.496 e. The summed E-state index contributed by atoms with van der Waals surface area (Å²) in [6, 6.07) is 20.6. The molecule has 0 amide bonds. The molecular weight excluding hydrogens is 695 g/mol. The van der Waals surface area contributed by atoms with Gasteiger partial charge >= 0.3 is 12.1 Å². The number of hydrogen-bond donors (Lipinski definition) is 4. The number of aromatic amines is 1. The Bertz CT molecular complexity index is 2210. The van der Waals surface area contributed by atoms with Crippen molar-refractivity contribution in [2.75, 3.05) is 38.6 Å². The molecule has 2 aliphatic rings. The number of aromatic nitrogens is 2. The molecule has 4 aromatic carbocycles. The number of hydrogen-bond acceptors (Lipinski definition) is 7. The monoisotopic (exact) mass is 739 g/mol. The predicted molar refractivity (Wildman–Crippen MR) is 205 cm³/mol. The van der Waals surface area contributed by atoms with E-state index in [9.17, 15) is 28.2 Å². The molecule has 5 aromatic rings. The maximum Gasteiger partial charge on any atom is 0.417 e. The number of halogens is 3. The molecule has 2 atom stereocenters. The number of anilines is 2. The molecule has 0 radical (unpaired) electrons. The molecule has 2 unspecified atom stereocenters. The van der Waals surface area contributed by atoms with E-state index in [2.05, 4.69) is 32.5 Å². The Labute approximate surface area is 312 Å². The van der Waals surface area contributed by atoms with E-state index in [0.29, 0.717) is 36.6 Å². The number of H-pyrrole nitrogens is 1. The number of β-amino-alcohol motifs (C(OH)–C–C–N with tert-alkyl or cyclic N) is 1. The van der Waals surface area contributed by atoms with Crippen molar-refractivity contribution in [2.45, 2.75) is 52.1 Å². The molecule has 12 heteroatoms. The number of nitrogens with zero attached hydrogens (tertiary/aromatic N) is 3. The summed E-state index contributed by atoms with van der Waals surface area (Å²) in [6.07, 6.45) is -0.466. The van der Waals surface area contributed by atoms with Gasteiger partial charge in [-0.05, 0) is 103 Å². The number of benzene rings is 4. The van der Waals surface area contributed by atoms with Gasteiger partial charge in [0.25, 0.3) is 0 Å². The first-order valence-electron chi connectivity index (χ1n) is 18.1. The summed E-state index contributed by atoms with van der Waals surface area (Å²) in [4.78, 5) is 15.5. The van der Waals surface area contributed by atoms with Crippen molar-refractivity contribution >= 4 is 40.5 Å². The second kappa shape index (κ2) is 15.3. The summed E-state index contributed by atoms with van der Waals surface area (Å²) in [5, 5.41) is 31.5. The van der Waals surface area contributed by atoms with E-state index < -0.39 is 23.6 Å². The van der Waals surface area contributed by atoms with Crippen molar-refractivity contribution in [2.24, 2.45) is 5.92 Å². The minimum atomic E-state index is -4.62. The first-order chi connectivity index (χ1) is 25.9. The van der Waals surface area contributed by atoms with Gasteiger partial charge in [-0.15, -0.1) is 0 Å². The zero-order valence-corrected chi connectivity index (χ0v) is 30.5. The molecule has 0 aliphatic carbocycles. The van der Waals surface area contributed by atoms with Gasteiger partial charge in [-0.2, -0.15) is 18.3 Å². The molecule has 4 N–H and O–H groups in total. The molecule has 9 nitrogen and oxygen atoms in total. The van der Waals surface area contributed by atoms with E-state index >= 15 is 0 Å². The van der Waals surface area contributed by atoms with Crippen LogP contribution in [0.5, 0.6) is 5.75 Å². The molecular formula is C42H44F3N5O4. The fraction of sp³-hybridized carbons (Fsp3) is 0.333. The van der Waals surface area contributed by atoms with Gasteiger partial charge in [0.2, 0.25) is 0 Å². The highest BCUT2D eigenvalue weighted by Crippen LogP contribution is 2.39. The van der Waals surface area contributed by atoms with E-state index in [1.807, 2.05) is 61.2 Å². The third-order valence-electron chi connectivity index (χ3n) is 10.7. The Morgan fingerprint density at radius 3 is 2.37 bits per heavy atom. The number of alkyl halides is 3. The number of likely N-dealkylation sites (tertiary alicyclic amines) is 2. The molecule has 2 saturated heterocycles. The van der Waals surface area contributed by atoms with Crippen LogP contribution in [0.25, 0.3) is 34.2 Å². The van der Waals surface area contributed by atoms with Crippen molar-refractivity contribution in [1.29, 1.82) is 0 Å². The standard InChI is InChI=1S/C42H44F3N5O4/c1-25-28(11-12-29-20-39(54-3)31(19-36(29)42(43,44)45)23-50-16-14-30(22-50)41(52)53)6-4-7-33(25)34-8-5-9-37(26(34)2)46-40-35-18-27(10-13-38(35)47-48-40)21-49-17-15-32(51)24-49/h4-13,18-20,30,32,51H,14-17,21-24H2,1-3H3,(H,52,53)(H2,46,47,48)/b12-11+. The van der Waals surface area contributed by atoms with Crippen LogP contribution in [0.15, 0.2) is 66.7 Å². The van der Waals surface area contributed by atoms with Crippen LogP contribution < -0.4 is 10.1 Å². The van der Waals surface area contributed by atoms with Crippen LogP contribution in [0.4, 0.5) is 24.7 Å². The van der Waals surface area contributed by atoms with E-state index in [1.165, 1.54) is 19.3 Å². The summed E-state index contributed by atoms with van der Waals surface area (Å²) in [6.45, 7) is 7.22. The van der Waals surface area contributed by atoms with Crippen LogP contribution in [0.2, 0.25) is 0 Å². The number of fused-ring (bicyclic) bond motifs is 1. The Kier molecular flexibility index (Phi) is 10.5. The summed E-state index contributed by atoms with van der Waals surface area (Å²) >= 11 is 0. The summed E-state index contributed by atoms with van der Waals surface area (Å²) in [7, 11) is 1.43. The van der Waals surface area contributed by atoms with E-state index in [4.69, 9.17) is 4.74 Å². The lowest BCUT2D eigenvalue weighted by molar-refractivity contribution is -0.141. The highest BCUT2D eigenvalue weighted by molar-refractivity contribution is 5.93. The lowest BCUT2D eigenvalue weighted by Crippen LogP contribution is -2.23. The third-order valence-corrected chi connectivity index (χ3v) is 10.7. The number of carboxylic acid groups (broad SMARTS) is 1. The lowest BCUT2D eigenvalue weighted by atomic mass is 9.92. The summed E-state index contributed by atoms with van der Waals surface area (Å²) < 4.78 is 48.9. The van der Waals surface area contributed by atoms with Crippen molar-refractivity contribution in [1.82, 2.24) is 20.0 Å². The fourth-order valence-electron chi connectivity index (χ4n) is 7.72. The highest BCUT2D eigenvalue weighted by atomic mass is 19.4. The topological polar surface area (TPSA) is 114 Å².